The second-order valence-electron chi connectivity index (χ2n) is 7.41. The van der Waals surface area contributed by atoms with Crippen LogP contribution < -0.4 is 5.32 Å². The van der Waals surface area contributed by atoms with E-state index in [1.54, 1.807) is 13.0 Å². The van der Waals surface area contributed by atoms with E-state index in [0.717, 1.165) is 31.4 Å². The van der Waals surface area contributed by atoms with Crippen LogP contribution in [0.4, 0.5) is 5.69 Å². The molecule has 0 saturated carbocycles. The minimum atomic E-state index is -0.405. The van der Waals surface area contributed by atoms with Crippen LogP contribution in [-0.4, -0.2) is 43.0 Å². The highest BCUT2D eigenvalue weighted by atomic mass is 16.5. The summed E-state index contributed by atoms with van der Waals surface area (Å²) in [5.41, 5.74) is 1.83. The number of para-hydroxylation sites is 1. The topological polar surface area (TPSA) is 58.6 Å². The van der Waals surface area contributed by atoms with E-state index in [2.05, 4.69) is 24.1 Å². The molecule has 0 heterocycles. The minimum Gasteiger partial charge on any atom is -0.462 e. The van der Waals surface area contributed by atoms with Gasteiger partial charge in [-0.25, -0.2) is 4.79 Å². The van der Waals surface area contributed by atoms with Crippen molar-refractivity contribution in [3.8, 4) is 0 Å². The highest BCUT2D eigenvalue weighted by Gasteiger charge is 2.24. The van der Waals surface area contributed by atoms with Gasteiger partial charge in [-0.15, -0.1) is 0 Å². The molecule has 0 fully saturated rings. The van der Waals surface area contributed by atoms with Crippen molar-refractivity contribution < 1.29 is 14.3 Å². The molecule has 28 heavy (non-hydrogen) atoms. The summed E-state index contributed by atoms with van der Waals surface area (Å²) in [6.07, 6.45) is 7.77. The summed E-state index contributed by atoms with van der Waals surface area (Å²) in [5, 5.41) is 3.01. The van der Waals surface area contributed by atoms with Gasteiger partial charge in [0.15, 0.2) is 0 Å². The van der Waals surface area contributed by atoms with Gasteiger partial charge in [0.2, 0.25) is 5.91 Å². The number of ether oxygens (including phenoxy) is 1. The number of nitrogens with one attached hydrogen (secondary N) is 1. The van der Waals surface area contributed by atoms with E-state index in [4.69, 9.17) is 4.74 Å². The maximum Gasteiger partial charge on any atom is 0.340 e. The van der Waals surface area contributed by atoms with Gasteiger partial charge in [0.1, 0.15) is 0 Å². The Morgan fingerprint density at radius 1 is 1.07 bits per heavy atom. The second-order valence-corrected chi connectivity index (χ2v) is 7.41. The summed E-state index contributed by atoms with van der Waals surface area (Å²) < 4.78 is 5.15. The molecule has 0 aliphatic heterocycles. The Hall–Kier alpha value is -1.88. The number of rotatable bonds is 13. The number of hydrogen-bond donors (Lipinski definition) is 1. The van der Waals surface area contributed by atoms with E-state index in [9.17, 15) is 9.59 Å². The Balaban J connectivity index is 2.85. The summed E-state index contributed by atoms with van der Waals surface area (Å²) in [6, 6.07) is 5.20. The highest BCUT2D eigenvalue weighted by Crippen LogP contribution is 2.23. The van der Waals surface area contributed by atoms with Crippen molar-refractivity contribution in [2.24, 2.45) is 0 Å². The van der Waals surface area contributed by atoms with Gasteiger partial charge in [0.05, 0.1) is 23.9 Å². The molecule has 1 N–H and O–H groups in total. The quantitative estimate of drug-likeness (QED) is 0.372. The van der Waals surface area contributed by atoms with Crippen molar-refractivity contribution in [1.82, 2.24) is 4.90 Å². The molecule has 1 rings (SSSR count). The second kappa shape index (κ2) is 13.3. The highest BCUT2D eigenvalue weighted by molar-refractivity contribution is 6.03. The summed E-state index contributed by atoms with van der Waals surface area (Å²) >= 11 is 0. The fraction of sp³-hybridized carbons (Fsp3) is 0.652. The molecule has 0 spiro atoms. The SMILES string of the molecule is CCCCCCCN(C)C(CCC)C(=O)Nc1c(C)cccc1C(=O)OCC. The lowest BCUT2D eigenvalue weighted by Gasteiger charge is -2.27. The molecule has 0 saturated heterocycles. The smallest absolute Gasteiger partial charge is 0.340 e. The number of aryl methyl sites for hydroxylation is 1. The van der Waals surface area contributed by atoms with Crippen LogP contribution in [0.15, 0.2) is 18.2 Å². The van der Waals surface area contributed by atoms with Crippen LogP contribution in [0.2, 0.25) is 0 Å². The third-order valence-corrected chi connectivity index (χ3v) is 5.03. The van der Waals surface area contributed by atoms with Crippen LogP contribution in [0.3, 0.4) is 0 Å². The van der Waals surface area contributed by atoms with Crippen molar-refractivity contribution in [1.29, 1.82) is 0 Å². The Morgan fingerprint density at radius 2 is 1.79 bits per heavy atom. The molecule has 1 unspecified atom stereocenters. The number of nitrogens with zero attached hydrogens (tertiary/aromatic N) is 1. The van der Waals surface area contributed by atoms with Crippen molar-refractivity contribution >= 4 is 17.6 Å². The molecule has 1 aromatic carbocycles. The molecule has 0 radical (unpaired) electrons. The fourth-order valence-electron chi connectivity index (χ4n) is 3.36. The molecule has 5 heteroatoms. The third-order valence-electron chi connectivity index (χ3n) is 5.03. The predicted octanol–water partition coefficient (Wildman–Crippen LogP) is 5.18. The average molecular weight is 391 g/mol. The van der Waals surface area contributed by atoms with E-state index in [1.807, 2.05) is 26.1 Å². The number of carbonyl (C=O) groups excluding carboxylic acids is 2. The first-order valence-corrected chi connectivity index (χ1v) is 10.7. The first kappa shape index (κ1) is 24.2. The van der Waals surface area contributed by atoms with E-state index in [1.165, 1.54) is 25.7 Å². The Labute approximate surface area is 170 Å². The van der Waals surface area contributed by atoms with Gasteiger partial charge >= 0.3 is 5.97 Å². The van der Waals surface area contributed by atoms with Crippen LogP contribution >= 0.6 is 0 Å². The van der Waals surface area contributed by atoms with Crippen LogP contribution in [0.1, 0.15) is 81.6 Å². The number of carbonyl (C=O) groups is 2. The minimum absolute atomic E-state index is 0.0576. The van der Waals surface area contributed by atoms with Crippen LogP contribution in [0, 0.1) is 6.92 Å². The third kappa shape index (κ3) is 7.63. The van der Waals surface area contributed by atoms with Gasteiger partial charge in [0, 0.05) is 0 Å². The fourth-order valence-corrected chi connectivity index (χ4v) is 3.36. The first-order chi connectivity index (χ1) is 13.5. The summed E-state index contributed by atoms with van der Waals surface area (Å²) in [4.78, 5) is 27.5. The van der Waals surface area contributed by atoms with E-state index in [-0.39, 0.29) is 11.9 Å². The van der Waals surface area contributed by atoms with Crippen LogP contribution in [0.5, 0.6) is 0 Å². The molecule has 1 amide bonds. The molecule has 0 aromatic heterocycles. The van der Waals surface area contributed by atoms with E-state index < -0.39 is 5.97 Å². The standard InChI is InChI=1S/C23H38N2O3/c1-6-9-10-11-12-17-25(5)20(14-7-2)22(26)24-21-18(4)15-13-16-19(21)23(27)28-8-3/h13,15-16,20H,6-12,14,17H2,1-5H3,(H,24,26). The number of anilines is 1. The Bertz CT molecular complexity index is 616. The average Bonchev–Trinajstić information content (AvgIpc) is 2.67. The molecule has 0 aliphatic carbocycles. The number of likely N-dealkylation sites (N-methyl/N-ethyl adjacent to an activating group) is 1. The lowest BCUT2D eigenvalue weighted by Crippen LogP contribution is -2.42. The molecule has 1 atom stereocenters. The number of amides is 1. The van der Waals surface area contributed by atoms with Gasteiger partial charge in [-0.05, 0) is 51.9 Å². The zero-order valence-corrected chi connectivity index (χ0v) is 18.3. The number of hydrogen-bond acceptors (Lipinski definition) is 4. The molecule has 158 valence electrons. The molecular formula is C23H38N2O3. The normalized spacial score (nSPS) is 12.1. The zero-order valence-electron chi connectivity index (χ0n) is 18.3. The molecular weight excluding hydrogens is 352 g/mol. The van der Waals surface area contributed by atoms with Crippen molar-refractivity contribution in [2.45, 2.75) is 78.7 Å². The largest absolute Gasteiger partial charge is 0.462 e. The molecule has 5 nitrogen and oxygen atoms in total. The molecule has 0 aliphatic rings. The summed E-state index contributed by atoms with van der Waals surface area (Å²) in [6.45, 7) is 9.18. The first-order valence-electron chi connectivity index (χ1n) is 10.7. The van der Waals surface area contributed by atoms with Gasteiger partial charge in [-0.2, -0.15) is 0 Å². The van der Waals surface area contributed by atoms with Crippen molar-refractivity contribution in [2.75, 3.05) is 25.5 Å². The Kier molecular flexibility index (Phi) is 11.5. The van der Waals surface area contributed by atoms with Gasteiger partial charge in [-0.3, -0.25) is 9.69 Å². The number of benzene rings is 1. The van der Waals surface area contributed by atoms with Gasteiger partial charge < -0.3 is 10.1 Å². The maximum absolute atomic E-state index is 13.1. The van der Waals surface area contributed by atoms with Gasteiger partial charge in [0.25, 0.3) is 0 Å². The molecule has 1 aromatic rings. The Morgan fingerprint density at radius 3 is 2.43 bits per heavy atom. The zero-order chi connectivity index (χ0) is 20.9. The van der Waals surface area contributed by atoms with Crippen LogP contribution in [0.25, 0.3) is 0 Å². The lowest BCUT2D eigenvalue weighted by molar-refractivity contribution is -0.121. The number of unbranched alkanes of at least 4 members (excludes halogenated alkanes) is 4. The van der Waals surface area contributed by atoms with E-state index >= 15 is 0 Å². The van der Waals surface area contributed by atoms with Crippen LogP contribution in [-0.2, 0) is 9.53 Å². The molecule has 0 bridgehead atoms. The van der Waals surface area contributed by atoms with Crippen molar-refractivity contribution in [3.63, 3.8) is 0 Å². The van der Waals surface area contributed by atoms with E-state index in [0.29, 0.717) is 17.9 Å². The predicted molar refractivity (Wildman–Crippen MR) is 116 cm³/mol. The number of esters is 1. The van der Waals surface area contributed by atoms with Crippen molar-refractivity contribution in [3.05, 3.63) is 29.3 Å². The lowest BCUT2D eigenvalue weighted by atomic mass is 10.1. The monoisotopic (exact) mass is 390 g/mol. The summed E-state index contributed by atoms with van der Waals surface area (Å²) in [5.74, 6) is -0.462. The maximum atomic E-state index is 13.1. The summed E-state index contributed by atoms with van der Waals surface area (Å²) in [7, 11) is 2.02. The van der Waals surface area contributed by atoms with Gasteiger partial charge in [-0.1, -0.05) is 58.1 Å².